The number of nitrogens with two attached hydrogens (primary N) is 1. The van der Waals surface area contributed by atoms with Crippen molar-refractivity contribution in [3.8, 4) is 11.8 Å². The van der Waals surface area contributed by atoms with E-state index in [9.17, 15) is 12.8 Å². The van der Waals surface area contributed by atoms with Crippen molar-refractivity contribution in [2.24, 2.45) is 5.73 Å². The highest BCUT2D eigenvalue weighted by atomic mass is 32.2. The van der Waals surface area contributed by atoms with E-state index in [1.165, 1.54) is 18.2 Å². The monoisotopic (exact) mass is 310 g/mol. The van der Waals surface area contributed by atoms with Crippen LogP contribution in [0.25, 0.3) is 0 Å². The van der Waals surface area contributed by atoms with Gasteiger partial charge in [0, 0.05) is 5.69 Å². The van der Waals surface area contributed by atoms with Gasteiger partial charge in [-0.05, 0) is 31.0 Å². The molecule has 0 aliphatic heterocycles. The van der Waals surface area contributed by atoms with Gasteiger partial charge in [0.15, 0.2) is 0 Å². The molecule has 1 aromatic rings. The molecule has 21 heavy (non-hydrogen) atoms. The Kier molecular flexibility index (Phi) is 5.21. The van der Waals surface area contributed by atoms with Gasteiger partial charge in [-0.25, -0.2) is 12.8 Å². The van der Waals surface area contributed by atoms with Crippen LogP contribution >= 0.6 is 0 Å². The molecule has 0 unspecified atom stereocenters. The summed E-state index contributed by atoms with van der Waals surface area (Å²) in [4.78, 5) is 0. The largest absolute Gasteiger partial charge is 0.320 e. The fourth-order valence-corrected chi connectivity index (χ4v) is 4.03. The SMILES string of the molecule is NCC#Cc1cc(NS(=O)(=O)C2CCCCC2)ccc1F. The van der Waals surface area contributed by atoms with Gasteiger partial charge >= 0.3 is 0 Å². The fourth-order valence-electron chi connectivity index (χ4n) is 2.45. The highest BCUT2D eigenvalue weighted by Crippen LogP contribution is 2.25. The lowest BCUT2D eigenvalue weighted by Crippen LogP contribution is -2.29. The Morgan fingerprint density at radius 2 is 2.00 bits per heavy atom. The van der Waals surface area contributed by atoms with Crippen molar-refractivity contribution >= 4 is 15.7 Å². The molecular formula is C15H19FN2O2S. The first kappa shape index (κ1) is 15.8. The zero-order valence-electron chi connectivity index (χ0n) is 11.7. The van der Waals surface area contributed by atoms with Gasteiger partial charge in [-0.3, -0.25) is 4.72 Å². The van der Waals surface area contributed by atoms with Crippen molar-refractivity contribution in [1.29, 1.82) is 0 Å². The van der Waals surface area contributed by atoms with Crippen LogP contribution in [0.15, 0.2) is 18.2 Å². The van der Waals surface area contributed by atoms with Crippen LogP contribution in [-0.2, 0) is 10.0 Å². The van der Waals surface area contributed by atoms with Crippen molar-refractivity contribution in [2.45, 2.75) is 37.4 Å². The van der Waals surface area contributed by atoms with Gasteiger partial charge in [-0.15, -0.1) is 0 Å². The van der Waals surface area contributed by atoms with Gasteiger partial charge in [0.25, 0.3) is 0 Å². The zero-order chi connectivity index (χ0) is 15.3. The molecule has 0 spiro atoms. The van der Waals surface area contributed by atoms with Crippen LogP contribution in [0.4, 0.5) is 10.1 Å². The summed E-state index contributed by atoms with van der Waals surface area (Å²) >= 11 is 0. The van der Waals surface area contributed by atoms with Crippen LogP contribution in [0.5, 0.6) is 0 Å². The summed E-state index contributed by atoms with van der Waals surface area (Å²) in [5.41, 5.74) is 5.74. The molecule has 4 nitrogen and oxygen atoms in total. The molecule has 6 heteroatoms. The molecule has 2 rings (SSSR count). The molecule has 1 fully saturated rings. The molecule has 1 saturated carbocycles. The summed E-state index contributed by atoms with van der Waals surface area (Å²) < 4.78 is 40.7. The van der Waals surface area contributed by atoms with Crippen LogP contribution in [-0.4, -0.2) is 20.2 Å². The van der Waals surface area contributed by atoms with Crippen LogP contribution in [0, 0.1) is 17.7 Å². The summed E-state index contributed by atoms with van der Waals surface area (Å²) in [5.74, 6) is 4.66. The van der Waals surface area contributed by atoms with Gasteiger partial charge in [-0.1, -0.05) is 31.1 Å². The zero-order valence-corrected chi connectivity index (χ0v) is 12.5. The van der Waals surface area contributed by atoms with E-state index >= 15 is 0 Å². The first-order valence-corrected chi connectivity index (χ1v) is 8.57. The molecule has 0 bridgehead atoms. The molecule has 1 aliphatic rings. The standard InChI is InChI=1S/C15H19FN2O2S/c16-15-9-8-13(11-12(15)5-4-10-17)18-21(19,20)14-6-2-1-3-7-14/h8-9,11,14,18H,1-3,6-7,10,17H2. The summed E-state index contributed by atoms with van der Waals surface area (Å²) in [6.07, 6.45) is 4.30. The Morgan fingerprint density at radius 3 is 2.67 bits per heavy atom. The van der Waals surface area contributed by atoms with Gasteiger partial charge < -0.3 is 5.73 Å². The summed E-state index contributed by atoms with van der Waals surface area (Å²) in [6, 6.07) is 4.01. The van der Waals surface area contributed by atoms with E-state index in [4.69, 9.17) is 5.73 Å². The Morgan fingerprint density at radius 1 is 1.29 bits per heavy atom. The second-order valence-electron chi connectivity index (χ2n) is 5.11. The number of hydrogen-bond donors (Lipinski definition) is 2. The van der Waals surface area contributed by atoms with Crippen molar-refractivity contribution in [3.05, 3.63) is 29.6 Å². The normalized spacial score (nSPS) is 16.1. The molecular weight excluding hydrogens is 291 g/mol. The molecule has 0 saturated heterocycles. The summed E-state index contributed by atoms with van der Waals surface area (Å²) in [5, 5.41) is -0.366. The highest BCUT2D eigenvalue weighted by molar-refractivity contribution is 7.93. The first-order valence-electron chi connectivity index (χ1n) is 7.03. The Hall–Kier alpha value is -1.58. The van der Waals surface area contributed by atoms with E-state index < -0.39 is 15.8 Å². The van der Waals surface area contributed by atoms with Crippen LogP contribution in [0.3, 0.4) is 0 Å². The van der Waals surface area contributed by atoms with Gasteiger partial charge in [0.05, 0.1) is 17.4 Å². The molecule has 0 aromatic heterocycles. The second kappa shape index (κ2) is 6.92. The van der Waals surface area contributed by atoms with Crippen LogP contribution in [0.1, 0.15) is 37.7 Å². The minimum atomic E-state index is -3.43. The van der Waals surface area contributed by atoms with E-state index in [1.807, 2.05) is 0 Å². The lowest BCUT2D eigenvalue weighted by atomic mass is 10.0. The molecule has 0 radical (unpaired) electrons. The molecule has 3 N–H and O–H groups in total. The third kappa shape index (κ3) is 4.19. The summed E-state index contributed by atoms with van der Waals surface area (Å²) in [7, 11) is -3.43. The number of nitrogens with one attached hydrogen (secondary N) is 1. The van der Waals surface area contributed by atoms with Crippen molar-refractivity contribution < 1.29 is 12.8 Å². The van der Waals surface area contributed by atoms with E-state index in [0.717, 1.165) is 19.3 Å². The van der Waals surface area contributed by atoms with Gasteiger partial charge in [-0.2, -0.15) is 0 Å². The average molecular weight is 310 g/mol. The van der Waals surface area contributed by atoms with E-state index in [-0.39, 0.29) is 17.4 Å². The number of anilines is 1. The number of rotatable bonds is 3. The summed E-state index contributed by atoms with van der Waals surface area (Å²) in [6.45, 7) is 0.122. The predicted octanol–water partition coefficient (Wildman–Crippen LogP) is 2.21. The number of hydrogen-bond acceptors (Lipinski definition) is 3. The van der Waals surface area contributed by atoms with E-state index in [1.54, 1.807) is 0 Å². The lowest BCUT2D eigenvalue weighted by Gasteiger charge is -2.22. The Balaban J connectivity index is 2.18. The predicted molar refractivity (Wildman–Crippen MR) is 81.7 cm³/mol. The quantitative estimate of drug-likeness (QED) is 0.841. The maximum absolute atomic E-state index is 13.6. The smallest absolute Gasteiger partial charge is 0.235 e. The molecule has 0 amide bonds. The lowest BCUT2D eigenvalue weighted by molar-refractivity contribution is 0.486. The number of sulfonamides is 1. The van der Waals surface area contributed by atoms with Crippen molar-refractivity contribution in [2.75, 3.05) is 11.3 Å². The molecule has 0 atom stereocenters. The maximum atomic E-state index is 13.6. The van der Waals surface area contributed by atoms with Gasteiger partial charge in [0.2, 0.25) is 10.0 Å². The average Bonchev–Trinajstić information content (AvgIpc) is 2.48. The molecule has 1 aromatic carbocycles. The van der Waals surface area contributed by atoms with Crippen LogP contribution in [0.2, 0.25) is 0 Å². The highest BCUT2D eigenvalue weighted by Gasteiger charge is 2.27. The Labute approximate surface area is 125 Å². The fraction of sp³-hybridized carbons (Fsp3) is 0.467. The third-order valence-corrected chi connectivity index (χ3v) is 5.41. The minimum absolute atomic E-state index is 0.122. The van der Waals surface area contributed by atoms with Crippen LogP contribution < -0.4 is 10.5 Å². The molecule has 0 heterocycles. The second-order valence-corrected chi connectivity index (χ2v) is 7.07. The van der Waals surface area contributed by atoms with Gasteiger partial charge in [0.1, 0.15) is 5.82 Å². The molecule has 1 aliphatic carbocycles. The molecule has 114 valence electrons. The van der Waals surface area contributed by atoms with E-state index in [0.29, 0.717) is 18.5 Å². The Bertz CT molecular complexity index is 656. The number of halogens is 1. The van der Waals surface area contributed by atoms with Crippen molar-refractivity contribution in [3.63, 3.8) is 0 Å². The maximum Gasteiger partial charge on any atom is 0.235 e. The number of benzene rings is 1. The first-order chi connectivity index (χ1) is 10.0. The van der Waals surface area contributed by atoms with E-state index in [2.05, 4.69) is 16.6 Å². The van der Waals surface area contributed by atoms with Crippen molar-refractivity contribution in [1.82, 2.24) is 0 Å². The topological polar surface area (TPSA) is 72.2 Å². The third-order valence-electron chi connectivity index (χ3n) is 3.54. The minimum Gasteiger partial charge on any atom is -0.320 e.